The van der Waals surface area contributed by atoms with Crippen molar-refractivity contribution in [2.45, 2.75) is 76.3 Å². The van der Waals surface area contributed by atoms with Crippen molar-refractivity contribution in [3.8, 4) is 0 Å². The molecule has 2 aromatic heterocycles. The molecule has 0 fully saturated rings. The summed E-state index contributed by atoms with van der Waals surface area (Å²) in [5.74, 6) is -1.23. The standard InChI is InChI=1S/C21H21F3N4O6.C14H17F3N2O2.C7H6N2O5.ClH/c1-3-4-10-20(21(22,23)24,34-12-14-8-6-5-7-9-14)19(31)27-26-18(30)16-15(28(32)33)11-13(2)17(29)25-16;1-2-3-9-13(12(20)19-18,14(15,16)17)21-10-11-7-5-4-6-8-11;1-3-2-4(9(13)14)5(7(11)12)8-6(3)10;/h3,5-9,11H,1,4,10,12H2,2H3,(H,25,29)(H,26,30)(H,27,31);2,4-8H,1,3,9-10,18H2,(H,19,20);2H,1H3,(H,8,10)(H,11,12);1H. The number of pyridine rings is 2. The van der Waals surface area contributed by atoms with Crippen LogP contribution in [0.2, 0.25) is 0 Å². The van der Waals surface area contributed by atoms with E-state index in [9.17, 15) is 75.3 Å². The SMILES string of the molecule is C=CCCC(OCc1ccccc1)(C(=O)NN)C(F)(F)F.C=CCCC(OCc1ccccc1)(C(=O)NNC(=O)c1[nH]c(=O)c(C)cc1[N+](=O)[O-])C(F)(F)F.Cc1cc([N+](=O)[O-])c(C(=O)O)[nH]c1=O.Cl. The van der Waals surface area contributed by atoms with Gasteiger partial charge in [0.2, 0.25) is 16.9 Å². The number of aryl methyl sites for hydroxylation is 2. The van der Waals surface area contributed by atoms with E-state index >= 15 is 0 Å². The second-order valence-electron chi connectivity index (χ2n) is 14.1. The molecule has 2 atom stereocenters. The number of nitrogens with zero attached hydrogens (tertiary/aromatic N) is 2. The van der Waals surface area contributed by atoms with Gasteiger partial charge >= 0.3 is 24.0 Å². The van der Waals surface area contributed by atoms with E-state index in [2.05, 4.69) is 13.2 Å². The number of allylic oxidation sites excluding steroid dienone is 2. The van der Waals surface area contributed by atoms with Crippen LogP contribution < -0.4 is 33.2 Å². The zero-order valence-electron chi connectivity index (χ0n) is 36.7. The van der Waals surface area contributed by atoms with E-state index in [0.29, 0.717) is 11.1 Å². The summed E-state index contributed by atoms with van der Waals surface area (Å²) in [6.07, 6.45) is -9.38. The first-order valence-corrected chi connectivity index (χ1v) is 19.6. The Kier molecular flexibility index (Phi) is 23.0. The van der Waals surface area contributed by atoms with Gasteiger partial charge in [-0.3, -0.25) is 60.5 Å². The quantitative estimate of drug-likeness (QED) is 0.0150. The van der Waals surface area contributed by atoms with Crippen LogP contribution in [0.5, 0.6) is 0 Å². The number of nitrogens with one attached hydrogen (secondary N) is 5. The van der Waals surface area contributed by atoms with Crippen molar-refractivity contribution in [2.24, 2.45) is 5.84 Å². The van der Waals surface area contributed by atoms with Gasteiger partial charge in [-0.25, -0.2) is 10.6 Å². The summed E-state index contributed by atoms with van der Waals surface area (Å²) < 4.78 is 92.4. The molecule has 0 saturated carbocycles. The number of aromatic nitrogens is 2. The summed E-state index contributed by atoms with van der Waals surface area (Å²) in [4.78, 5) is 93.7. The fraction of sp³-hybridized carbons (Fsp3) is 0.286. The predicted molar refractivity (Wildman–Crippen MR) is 238 cm³/mol. The molecule has 2 heterocycles. The van der Waals surface area contributed by atoms with Gasteiger partial charge in [-0.05, 0) is 50.7 Å². The van der Waals surface area contributed by atoms with Crippen LogP contribution in [0.15, 0.2) is 108 Å². The van der Waals surface area contributed by atoms with E-state index in [-0.39, 0.29) is 43.0 Å². The first-order valence-electron chi connectivity index (χ1n) is 19.6. The number of hydrazine groups is 2. The van der Waals surface area contributed by atoms with Gasteiger partial charge in [0.1, 0.15) is 0 Å². The molecule has 0 aliphatic carbocycles. The van der Waals surface area contributed by atoms with Crippen LogP contribution >= 0.6 is 12.4 Å². The van der Waals surface area contributed by atoms with Crippen molar-refractivity contribution in [3.63, 3.8) is 0 Å². The van der Waals surface area contributed by atoms with Crippen molar-refractivity contribution >= 4 is 47.5 Å². The molecule has 380 valence electrons. The Balaban J connectivity index is 0.000000578. The summed E-state index contributed by atoms with van der Waals surface area (Å²) in [6.45, 7) is 8.41. The number of hydrogen-bond acceptors (Lipinski definition) is 13. The largest absolute Gasteiger partial charge is 0.476 e. The number of carbonyl (C=O) groups is 4. The number of rotatable bonds is 18. The van der Waals surface area contributed by atoms with Gasteiger partial charge in [-0.15, -0.1) is 25.6 Å². The molecule has 0 radical (unpaired) electrons. The lowest BCUT2D eigenvalue weighted by Crippen LogP contribution is -2.61. The molecule has 8 N–H and O–H groups in total. The highest BCUT2D eigenvalue weighted by Gasteiger charge is 2.62. The first kappa shape index (κ1) is 60.3. The molecule has 0 bridgehead atoms. The number of benzene rings is 2. The minimum atomic E-state index is -5.20. The van der Waals surface area contributed by atoms with E-state index in [4.69, 9.17) is 20.4 Å². The fourth-order valence-electron chi connectivity index (χ4n) is 5.63. The Morgan fingerprint density at radius 2 is 1.07 bits per heavy atom. The van der Waals surface area contributed by atoms with Gasteiger partial charge < -0.3 is 24.5 Å². The van der Waals surface area contributed by atoms with E-state index in [1.807, 2.05) is 9.97 Å². The maximum Gasteiger partial charge on any atom is 0.426 e. The van der Waals surface area contributed by atoms with Gasteiger partial charge in [0.25, 0.3) is 34.5 Å². The van der Waals surface area contributed by atoms with Gasteiger partial charge in [0, 0.05) is 23.3 Å². The molecule has 3 amide bonds. The monoisotopic (exact) mass is 1020 g/mol. The highest BCUT2D eigenvalue weighted by atomic mass is 35.5. The maximum atomic E-state index is 14.1. The van der Waals surface area contributed by atoms with Gasteiger partial charge in [0.05, 0.1) is 23.1 Å². The second-order valence-corrected chi connectivity index (χ2v) is 14.1. The number of aromatic carboxylic acids is 1. The number of halogens is 7. The topological polar surface area (TPSA) is 321 Å². The number of alkyl halides is 6. The number of amides is 3. The van der Waals surface area contributed by atoms with Crippen molar-refractivity contribution in [1.29, 1.82) is 0 Å². The lowest BCUT2D eigenvalue weighted by Gasteiger charge is -2.34. The number of carboxylic acids is 1. The third kappa shape index (κ3) is 15.9. The Morgan fingerprint density at radius 3 is 1.41 bits per heavy atom. The minimum Gasteiger partial charge on any atom is -0.476 e. The summed E-state index contributed by atoms with van der Waals surface area (Å²) in [5.41, 5.74) is -5.09. The van der Waals surface area contributed by atoms with Crippen LogP contribution in [0.4, 0.5) is 37.7 Å². The van der Waals surface area contributed by atoms with Gasteiger partial charge in [0.15, 0.2) is 5.69 Å². The van der Waals surface area contributed by atoms with E-state index in [0.717, 1.165) is 12.1 Å². The Morgan fingerprint density at radius 1 is 0.700 bits per heavy atom. The summed E-state index contributed by atoms with van der Waals surface area (Å²) in [5, 5.41) is 30.2. The van der Waals surface area contributed by atoms with Gasteiger partial charge in [-0.2, -0.15) is 26.3 Å². The van der Waals surface area contributed by atoms with Crippen molar-refractivity contribution in [1.82, 2.24) is 26.2 Å². The summed E-state index contributed by atoms with van der Waals surface area (Å²) >= 11 is 0. The van der Waals surface area contributed by atoms with Crippen LogP contribution in [0.3, 0.4) is 0 Å². The molecular formula is C42H45ClF6N8O13. The number of carboxylic acid groups (broad SMARTS) is 1. The number of nitro groups is 2. The molecule has 4 rings (SSSR count). The normalized spacial score (nSPS) is 12.5. The molecule has 70 heavy (non-hydrogen) atoms. The molecule has 2 unspecified atom stereocenters. The lowest BCUT2D eigenvalue weighted by molar-refractivity contribution is -0.385. The second kappa shape index (κ2) is 26.7. The van der Waals surface area contributed by atoms with Crippen molar-refractivity contribution in [3.05, 3.63) is 173 Å². The van der Waals surface area contributed by atoms with E-state index in [1.54, 1.807) is 59.4 Å². The molecule has 28 heteroatoms. The maximum absolute atomic E-state index is 14.1. The third-order valence-corrected chi connectivity index (χ3v) is 9.37. The molecule has 2 aromatic carbocycles. The van der Waals surface area contributed by atoms with Crippen molar-refractivity contribution < 1.29 is 69.9 Å². The van der Waals surface area contributed by atoms with E-state index in [1.165, 1.54) is 43.6 Å². The van der Waals surface area contributed by atoms with Crippen LogP contribution in [-0.4, -0.2) is 72.2 Å². The van der Waals surface area contributed by atoms with Crippen LogP contribution in [0, 0.1) is 34.1 Å². The number of aromatic amines is 2. The predicted octanol–water partition coefficient (Wildman–Crippen LogP) is 6.01. The highest BCUT2D eigenvalue weighted by Crippen LogP contribution is 2.40. The van der Waals surface area contributed by atoms with Crippen LogP contribution in [-0.2, 0) is 32.3 Å². The van der Waals surface area contributed by atoms with Gasteiger partial charge in [-0.1, -0.05) is 72.8 Å². The molecule has 4 aromatic rings. The number of carbonyl (C=O) groups excluding carboxylic acids is 3. The Bertz CT molecular complexity index is 2620. The average molecular weight is 1020 g/mol. The number of hydrogen-bond donors (Lipinski definition) is 7. The van der Waals surface area contributed by atoms with Crippen LogP contribution in [0.1, 0.15) is 68.9 Å². The summed E-state index contributed by atoms with van der Waals surface area (Å²) in [6, 6.07) is 17.8. The van der Waals surface area contributed by atoms with Crippen LogP contribution in [0.25, 0.3) is 0 Å². The molecular weight excluding hydrogens is 974 g/mol. The number of nitrogens with two attached hydrogens (primary N) is 1. The fourth-order valence-corrected chi connectivity index (χ4v) is 5.63. The number of ether oxygens (including phenoxy) is 2. The average Bonchev–Trinajstić information content (AvgIpc) is 3.29. The smallest absolute Gasteiger partial charge is 0.426 e. The molecule has 0 spiro atoms. The third-order valence-electron chi connectivity index (χ3n) is 9.37. The zero-order chi connectivity index (χ0) is 52.3. The lowest BCUT2D eigenvalue weighted by atomic mass is 9.95. The molecule has 0 saturated heterocycles. The first-order chi connectivity index (χ1) is 32.2. The van der Waals surface area contributed by atoms with E-state index < -0.39 is 110 Å². The Hall–Kier alpha value is -7.75. The Labute approximate surface area is 397 Å². The molecule has 21 nitrogen and oxygen atoms in total. The zero-order valence-corrected chi connectivity index (χ0v) is 37.6. The molecule has 0 aliphatic rings. The highest BCUT2D eigenvalue weighted by molar-refractivity contribution is 5.98. The minimum absolute atomic E-state index is 0. The van der Waals surface area contributed by atoms with Crippen molar-refractivity contribution in [2.75, 3.05) is 0 Å². The number of H-pyrrole nitrogens is 2. The summed E-state index contributed by atoms with van der Waals surface area (Å²) in [7, 11) is 0. The molecule has 0 aliphatic heterocycles.